The number of para-hydroxylation sites is 1. The molecule has 0 amide bonds. The molecule has 2 heterocycles. The molecule has 0 spiro atoms. The van der Waals surface area contributed by atoms with Gasteiger partial charge in [0.1, 0.15) is 24.0 Å². The molecule has 5 nitrogen and oxygen atoms in total. The second-order valence-corrected chi connectivity index (χ2v) is 10.1. The van der Waals surface area contributed by atoms with E-state index in [-0.39, 0.29) is 11.2 Å². The van der Waals surface area contributed by atoms with E-state index in [0.29, 0.717) is 30.3 Å². The predicted octanol–water partition coefficient (Wildman–Crippen LogP) is 6.00. The Morgan fingerprint density at radius 1 is 1.03 bits per heavy atom. The van der Waals surface area contributed by atoms with Crippen molar-refractivity contribution in [1.82, 2.24) is 4.90 Å². The van der Waals surface area contributed by atoms with Gasteiger partial charge in [-0.15, -0.1) is 0 Å². The number of methoxy groups -OCH3 is 1. The molecular formula is C30H31NO4. The van der Waals surface area contributed by atoms with Gasteiger partial charge in [0, 0.05) is 13.1 Å². The summed E-state index contributed by atoms with van der Waals surface area (Å²) in [7, 11) is 1.70. The van der Waals surface area contributed by atoms with Gasteiger partial charge in [0.05, 0.1) is 18.2 Å². The fraction of sp³-hybridized carbons (Fsp3) is 0.300. The molecule has 35 heavy (non-hydrogen) atoms. The molecule has 3 aromatic carbocycles. The van der Waals surface area contributed by atoms with E-state index in [4.69, 9.17) is 14.2 Å². The average molecular weight is 470 g/mol. The molecule has 0 saturated carbocycles. The van der Waals surface area contributed by atoms with Gasteiger partial charge in [-0.1, -0.05) is 63.2 Å². The first-order chi connectivity index (χ1) is 16.8. The van der Waals surface area contributed by atoms with Gasteiger partial charge < -0.3 is 14.2 Å². The number of fused-ring (bicyclic) bond motifs is 3. The van der Waals surface area contributed by atoms with Gasteiger partial charge >= 0.3 is 0 Å². The number of hydrogen-bond donors (Lipinski definition) is 0. The maximum Gasteiger partial charge on any atom is 0.231 e. The van der Waals surface area contributed by atoms with Crippen LogP contribution >= 0.6 is 0 Å². The standard InChI is InChI=1S/C30H31NO4/c1-30(2,3)22-11-9-20(10-12-22)17-27-28(32)23-13-14-26-24(29(23)35-27)18-31(19-34-26)16-15-21-7-5-6-8-25(21)33-4/h5-14,17H,15-16,18-19H2,1-4H3/b27-17-. The summed E-state index contributed by atoms with van der Waals surface area (Å²) in [5.74, 6) is 2.55. The lowest BCUT2D eigenvalue weighted by Crippen LogP contribution is -2.33. The average Bonchev–Trinajstić information content (AvgIpc) is 3.18. The molecule has 5 rings (SSSR count). The Balaban J connectivity index is 1.34. The van der Waals surface area contributed by atoms with Crippen molar-refractivity contribution in [3.05, 3.63) is 94.2 Å². The van der Waals surface area contributed by atoms with Gasteiger partial charge in [0.25, 0.3) is 0 Å². The summed E-state index contributed by atoms with van der Waals surface area (Å²) in [6, 6.07) is 20.0. The molecule has 0 N–H and O–H groups in total. The number of hydrogen-bond acceptors (Lipinski definition) is 5. The zero-order valence-electron chi connectivity index (χ0n) is 20.8. The Morgan fingerprint density at radius 2 is 1.80 bits per heavy atom. The number of nitrogens with zero attached hydrogens (tertiary/aromatic N) is 1. The van der Waals surface area contributed by atoms with Gasteiger partial charge in [-0.3, -0.25) is 9.69 Å². The lowest BCUT2D eigenvalue weighted by atomic mass is 9.86. The van der Waals surface area contributed by atoms with Crippen molar-refractivity contribution >= 4 is 11.9 Å². The molecule has 2 aliphatic heterocycles. The Morgan fingerprint density at radius 3 is 2.54 bits per heavy atom. The van der Waals surface area contributed by atoms with Crippen molar-refractivity contribution in [2.75, 3.05) is 20.4 Å². The fourth-order valence-electron chi connectivity index (χ4n) is 4.57. The number of ether oxygens (including phenoxy) is 3. The molecule has 0 radical (unpaired) electrons. The second-order valence-electron chi connectivity index (χ2n) is 10.1. The van der Waals surface area contributed by atoms with Crippen molar-refractivity contribution in [3.8, 4) is 17.2 Å². The summed E-state index contributed by atoms with van der Waals surface area (Å²) in [5, 5.41) is 0. The smallest absolute Gasteiger partial charge is 0.231 e. The molecule has 0 bridgehead atoms. The van der Waals surface area contributed by atoms with E-state index in [1.165, 1.54) is 5.56 Å². The Kier molecular flexibility index (Phi) is 6.12. The van der Waals surface area contributed by atoms with Crippen LogP contribution < -0.4 is 14.2 Å². The van der Waals surface area contributed by atoms with Crippen molar-refractivity contribution in [2.45, 2.75) is 39.2 Å². The van der Waals surface area contributed by atoms with Gasteiger partial charge in [0.2, 0.25) is 5.78 Å². The molecule has 180 valence electrons. The molecule has 0 fully saturated rings. The second kappa shape index (κ2) is 9.23. The van der Waals surface area contributed by atoms with E-state index in [0.717, 1.165) is 41.2 Å². The normalized spacial score (nSPS) is 16.5. The third kappa shape index (κ3) is 4.69. The molecule has 0 aromatic heterocycles. The van der Waals surface area contributed by atoms with Crippen molar-refractivity contribution in [3.63, 3.8) is 0 Å². The van der Waals surface area contributed by atoms with E-state index < -0.39 is 0 Å². The largest absolute Gasteiger partial charge is 0.496 e. The van der Waals surface area contributed by atoms with Gasteiger partial charge in [-0.2, -0.15) is 0 Å². The zero-order chi connectivity index (χ0) is 24.6. The molecule has 3 aromatic rings. The fourth-order valence-corrected chi connectivity index (χ4v) is 4.57. The van der Waals surface area contributed by atoms with Crippen LogP contribution in [-0.2, 0) is 18.4 Å². The predicted molar refractivity (Wildman–Crippen MR) is 137 cm³/mol. The number of allylic oxidation sites excluding steroid dienone is 1. The highest BCUT2D eigenvalue weighted by molar-refractivity contribution is 6.15. The highest BCUT2D eigenvalue weighted by atomic mass is 16.5. The minimum absolute atomic E-state index is 0.0815. The summed E-state index contributed by atoms with van der Waals surface area (Å²) in [5.41, 5.74) is 4.95. The van der Waals surface area contributed by atoms with Crippen LogP contribution in [0.3, 0.4) is 0 Å². The Labute approximate surface area is 206 Å². The van der Waals surface area contributed by atoms with E-state index in [2.05, 4.69) is 43.9 Å². The lowest BCUT2D eigenvalue weighted by Gasteiger charge is -2.29. The number of carbonyl (C=O) groups excluding carboxylic acids is 1. The van der Waals surface area contributed by atoms with Crippen LogP contribution in [0.4, 0.5) is 0 Å². The summed E-state index contributed by atoms with van der Waals surface area (Å²) in [4.78, 5) is 15.3. The summed E-state index contributed by atoms with van der Waals surface area (Å²) in [6.45, 7) is 8.52. The number of benzene rings is 3. The molecule has 0 saturated heterocycles. The summed E-state index contributed by atoms with van der Waals surface area (Å²) >= 11 is 0. The topological polar surface area (TPSA) is 48.0 Å². The van der Waals surface area contributed by atoms with E-state index in [1.54, 1.807) is 7.11 Å². The maximum atomic E-state index is 13.1. The highest BCUT2D eigenvalue weighted by Gasteiger charge is 2.33. The first kappa shape index (κ1) is 23.2. The minimum atomic E-state index is -0.0890. The summed E-state index contributed by atoms with van der Waals surface area (Å²) < 4.78 is 17.7. The monoisotopic (exact) mass is 469 g/mol. The molecular weight excluding hydrogens is 438 g/mol. The van der Waals surface area contributed by atoms with E-state index in [1.807, 2.05) is 48.5 Å². The van der Waals surface area contributed by atoms with Crippen LogP contribution in [0.2, 0.25) is 0 Å². The number of carbonyl (C=O) groups is 1. The molecule has 2 aliphatic rings. The third-order valence-electron chi connectivity index (χ3n) is 6.65. The minimum Gasteiger partial charge on any atom is -0.496 e. The third-order valence-corrected chi connectivity index (χ3v) is 6.65. The van der Waals surface area contributed by atoms with Gasteiger partial charge in [0.15, 0.2) is 5.76 Å². The lowest BCUT2D eigenvalue weighted by molar-refractivity contribution is 0.0948. The van der Waals surface area contributed by atoms with Crippen LogP contribution in [-0.4, -0.2) is 31.1 Å². The Hall–Kier alpha value is -3.57. The molecule has 0 atom stereocenters. The van der Waals surface area contributed by atoms with Crippen LogP contribution in [0, 0.1) is 0 Å². The zero-order valence-corrected chi connectivity index (χ0v) is 20.8. The molecule has 0 aliphatic carbocycles. The number of Topliss-reactive ketones (excluding diaryl/α,β-unsaturated/α-hetero) is 1. The first-order valence-corrected chi connectivity index (χ1v) is 12.0. The Bertz CT molecular complexity index is 1280. The first-order valence-electron chi connectivity index (χ1n) is 12.0. The van der Waals surface area contributed by atoms with Crippen molar-refractivity contribution in [1.29, 1.82) is 0 Å². The SMILES string of the molecule is COc1ccccc1CCN1COc2ccc3c(c2C1)O/C(=C\c1ccc(C(C)(C)C)cc1)C3=O. The molecule has 0 unspecified atom stereocenters. The van der Waals surface area contributed by atoms with Crippen LogP contribution in [0.5, 0.6) is 17.2 Å². The number of ketones is 1. The molecule has 5 heteroatoms. The van der Waals surface area contributed by atoms with Gasteiger partial charge in [-0.25, -0.2) is 0 Å². The van der Waals surface area contributed by atoms with Gasteiger partial charge in [-0.05, 0) is 52.8 Å². The highest BCUT2D eigenvalue weighted by Crippen LogP contribution is 2.42. The maximum absolute atomic E-state index is 13.1. The van der Waals surface area contributed by atoms with Crippen molar-refractivity contribution < 1.29 is 19.0 Å². The quantitative estimate of drug-likeness (QED) is 0.429. The summed E-state index contributed by atoms with van der Waals surface area (Å²) in [6.07, 6.45) is 2.66. The number of rotatable bonds is 5. The van der Waals surface area contributed by atoms with E-state index >= 15 is 0 Å². The van der Waals surface area contributed by atoms with Crippen LogP contribution in [0.15, 0.2) is 66.4 Å². The van der Waals surface area contributed by atoms with Crippen LogP contribution in [0.1, 0.15) is 53.4 Å². The van der Waals surface area contributed by atoms with Crippen molar-refractivity contribution in [2.24, 2.45) is 0 Å². The van der Waals surface area contributed by atoms with Crippen LogP contribution in [0.25, 0.3) is 6.08 Å². The van der Waals surface area contributed by atoms with E-state index in [9.17, 15) is 4.79 Å².